The molecule has 0 fully saturated rings. The number of hydrogen-bond donors (Lipinski definition) is 2. The molecule has 0 aliphatic rings. The first-order valence-corrected chi connectivity index (χ1v) is 4.10. The van der Waals surface area contributed by atoms with Crippen molar-refractivity contribution < 1.29 is 14.9 Å². The van der Waals surface area contributed by atoms with Gasteiger partial charge in [-0.05, 0) is 13.3 Å². The lowest BCUT2D eigenvalue weighted by Gasteiger charge is -2.10. The zero-order chi connectivity index (χ0) is 8.69. The van der Waals surface area contributed by atoms with Crippen LogP contribution in [0.4, 0.5) is 0 Å². The number of aliphatic hydroxyl groups is 2. The highest BCUT2D eigenvalue weighted by atomic mass is 16.5. The smallest absolute Gasteiger partial charge is 0.0773 e. The number of ether oxygens (including phenoxy) is 1. The van der Waals surface area contributed by atoms with Crippen molar-refractivity contribution in [3.05, 3.63) is 0 Å². The second-order valence-electron chi connectivity index (χ2n) is 2.83. The Labute approximate surface area is 68.0 Å². The second-order valence-corrected chi connectivity index (χ2v) is 2.83. The largest absolute Gasteiger partial charge is 0.391 e. The molecule has 11 heavy (non-hydrogen) atoms. The van der Waals surface area contributed by atoms with E-state index in [9.17, 15) is 0 Å². The summed E-state index contributed by atoms with van der Waals surface area (Å²) in [6.45, 7) is 4.31. The Morgan fingerprint density at radius 3 is 2.36 bits per heavy atom. The van der Waals surface area contributed by atoms with Gasteiger partial charge in [-0.15, -0.1) is 0 Å². The van der Waals surface area contributed by atoms with Crippen LogP contribution in [0.1, 0.15) is 26.7 Å². The summed E-state index contributed by atoms with van der Waals surface area (Å²) in [6.07, 6.45) is 0.904. The quantitative estimate of drug-likeness (QED) is 0.599. The molecule has 0 aromatic rings. The molecular weight excluding hydrogens is 144 g/mol. The van der Waals surface area contributed by atoms with Crippen LogP contribution in [-0.4, -0.2) is 35.6 Å². The predicted molar refractivity (Wildman–Crippen MR) is 43.4 cm³/mol. The van der Waals surface area contributed by atoms with Gasteiger partial charge in [0, 0.05) is 0 Å². The van der Waals surface area contributed by atoms with Crippen molar-refractivity contribution in [1.82, 2.24) is 0 Å². The molecule has 0 saturated heterocycles. The molecule has 0 aromatic heterocycles. The Kier molecular flexibility index (Phi) is 6.51. The van der Waals surface area contributed by atoms with E-state index in [0.717, 1.165) is 12.8 Å². The van der Waals surface area contributed by atoms with E-state index in [0.29, 0.717) is 13.2 Å². The van der Waals surface area contributed by atoms with E-state index in [4.69, 9.17) is 14.9 Å². The van der Waals surface area contributed by atoms with Crippen molar-refractivity contribution in [2.75, 3.05) is 13.2 Å². The minimum Gasteiger partial charge on any atom is -0.391 e. The fourth-order valence-electron chi connectivity index (χ4n) is 0.791. The van der Waals surface area contributed by atoms with Gasteiger partial charge in [0.1, 0.15) is 0 Å². The number of aliphatic hydroxyl groups excluding tert-OH is 2. The van der Waals surface area contributed by atoms with Gasteiger partial charge in [0.05, 0.1) is 25.4 Å². The summed E-state index contributed by atoms with van der Waals surface area (Å²) in [7, 11) is 0. The van der Waals surface area contributed by atoms with Crippen molar-refractivity contribution in [2.24, 2.45) is 0 Å². The average molecular weight is 162 g/mol. The Morgan fingerprint density at radius 2 is 1.91 bits per heavy atom. The molecular formula is C8H18O3. The first kappa shape index (κ1) is 10.9. The minimum atomic E-state index is -0.441. The maximum Gasteiger partial charge on any atom is 0.0773 e. The van der Waals surface area contributed by atoms with Crippen LogP contribution in [0, 0.1) is 0 Å². The fraction of sp³-hybridized carbons (Fsp3) is 1.00. The molecule has 0 aromatic carbocycles. The summed E-state index contributed by atoms with van der Waals surface area (Å²) in [5.41, 5.74) is 0. The monoisotopic (exact) mass is 162 g/mol. The molecule has 0 heterocycles. The third kappa shape index (κ3) is 7.78. The lowest BCUT2D eigenvalue weighted by atomic mass is 10.2. The molecule has 0 aliphatic heterocycles. The van der Waals surface area contributed by atoms with E-state index in [1.54, 1.807) is 6.92 Å². The maximum atomic E-state index is 9.16. The molecule has 0 radical (unpaired) electrons. The lowest BCUT2D eigenvalue weighted by molar-refractivity contribution is -0.00449. The normalized spacial score (nSPS) is 16.4. The third-order valence-electron chi connectivity index (χ3n) is 1.29. The molecule has 3 heteroatoms. The van der Waals surface area contributed by atoms with Gasteiger partial charge in [-0.2, -0.15) is 0 Å². The van der Waals surface area contributed by atoms with Crippen LogP contribution in [0.25, 0.3) is 0 Å². The summed E-state index contributed by atoms with van der Waals surface area (Å²) < 4.78 is 5.01. The Hall–Kier alpha value is -0.120. The first-order valence-electron chi connectivity index (χ1n) is 4.10. The summed E-state index contributed by atoms with van der Waals surface area (Å²) in [5.74, 6) is 0. The van der Waals surface area contributed by atoms with E-state index < -0.39 is 6.10 Å². The molecule has 2 unspecified atom stereocenters. The van der Waals surface area contributed by atoms with Gasteiger partial charge in [-0.1, -0.05) is 13.3 Å². The van der Waals surface area contributed by atoms with Crippen LogP contribution in [0.3, 0.4) is 0 Å². The van der Waals surface area contributed by atoms with E-state index in [1.807, 2.05) is 6.92 Å². The van der Waals surface area contributed by atoms with Gasteiger partial charge >= 0.3 is 0 Å². The third-order valence-corrected chi connectivity index (χ3v) is 1.29. The standard InChI is InChI=1S/C8H18O3/c1-3-4-8(10)6-11-5-7(2)9/h7-10H,3-6H2,1-2H3. The topological polar surface area (TPSA) is 49.7 Å². The highest BCUT2D eigenvalue weighted by Crippen LogP contribution is 1.96. The molecule has 0 saturated carbocycles. The summed E-state index contributed by atoms with van der Waals surface area (Å²) in [5, 5.41) is 17.9. The van der Waals surface area contributed by atoms with Gasteiger partial charge < -0.3 is 14.9 Å². The fourth-order valence-corrected chi connectivity index (χ4v) is 0.791. The SMILES string of the molecule is CCCC(O)COCC(C)O. The lowest BCUT2D eigenvalue weighted by Crippen LogP contribution is -2.19. The van der Waals surface area contributed by atoms with E-state index >= 15 is 0 Å². The zero-order valence-corrected chi connectivity index (χ0v) is 7.29. The van der Waals surface area contributed by atoms with E-state index in [2.05, 4.69) is 0 Å². The summed E-state index contributed by atoms with van der Waals surface area (Å²) in [4.78, 5) is 0. The van der Waals surface area contributed by atoms with Crippen molar-refractivity contribution in [1.29, 1.82) is 0 Å². The highest BCUT2D eigenvalue weighted by Gasteiger charge is 2.02. The Balaban J connectivity index is 3.10. The highest BCUT2D eigenvalue weighted by molar-refractivity contribution is 4.52. The van der Waals surface area contributed by atoms with Crippen LogP contribution in [0.5, 0.6) is 0 Å². The number of rotatable bonds is 6. The molecule has 0 amide bonds. The van der Waals surface area contributed by atoms with Crippen LogP contribution >= 0.6 is 0 Å². The van der Waals surface area contributed by atoms with E-state index in [1.165, 1.54) is 0 Å². The van der Waals surface area contributed by atoms with Crippen molar-refractivity contribution in [3.63, 3.8) is 0 Å². The maximum absolute atomic E-state index is 9.16. The van der Waals surface area contributed by atoms with Crippen molar-refractivity contribution in [3.8, 4) is 0 Å². The Bertz CT molecular complexity index is 83.4. The zero-order valence-electron chi connectivity index (χ0n) is 7.29. The Morgan fingerprint density at radius 1 is 1.27 bits per heavy atom. The average Bonchev–Trinajstić information content (AvgIpc) is 1.87. The molecule has 0 aliphatic carbocycles. The van der Waals surface area contributed by atoms with E-state index in [-0.39, 0.29) is 6.10 Å². The first-order chi connectivity index (χ1) is 5.16. The molecule has 3 nitrogen and oxygen atoms in total. The van der Waals surface area contributed by atoms with Gasteiger partial charge in [-0.25, -0.2) is 0 Å². The van der Waals surface area contributed by atoms with Gasteiger partial charge in [-0.3, -0.25) is 0 Å². The molecule has 2 N–H and O–H groups in total. The minimum absolute atomic E-state index is 0.306. The van der Waals surface area contributed by atoms with Gasteiger partial charge in [0.15, 0.2) is 0 Å². The van der Waals surface area contributed by atoms with Crippen molar-refractivity contribution in [2.45, 2.75) is 38.9 Å². The second kappa shape index (κ2) is 6.58. The predicted octanol–water partition coefficient (Wildman–Crippen LogP) is 0.545. The molecule has 2 atom stereocenters. The molecule has 0 spiro atoms. The van der Waals surface area contributed by atoms with Gasteiger partial charge in [0.2, 0.25) is 0 Å². The molecule has 0 bridgehead atoms. The summed E-state index contributed by atoms with van der Waals surface area (Å²) >= 11 is 0. The molecule has 0 rings (SSSR count). The van der Waals surface area contributed by atoms with Crippen LogP contribution in [0.15, 0.2) is 0 Å². The van der Waals surface area contributed by atoms with Crippen LogP contribution in [0.2, 0.25) is 0 Å². The summed E-state index contributed by atoms with van der Waals surface area (Å²) in [6, 6.07) is 0. The molecule has 68 valence electrons. The van der Waals surface area contributed by atoms with Crippen LogP contribution < -0.4 is 0 Å². The van der Waals surface area contributed by atoms with Crippen molar-refractivity contribution >= 4 is 0 Å². The van der Waals surface area contributed by atoms with Gasteiger partial charge in [0.25, 0.3) is 0 Å². The van der Waals surface area contributed by atoms with Crippen LogP contribution in [-0.2, 0) is 4.74 Å². The number of hydrogen-bond acceptors (Lipinski definition) is 3.